The summed E-state index contributed by atoms with van der Waals surface area (Å²) in [5.74, 6) is 0.185. The summed E-state index contributed by atoms with van der Waals surface area (Å²) in [7, 11) is 1.82. The highest BCUT2D eigenvalue weighted by Gasteiger charge is 2.26. The lowest BCUT2D eigenvalue weighted by atomic mass is 9.96. The smallest absolute Gasteiger partial charge is 0.419 e. The molecule has 43 heavy (non-hydrogen) atoms. The first-order valence-electron chi connectivity index (χ1n) is 14.6. The summed E-state index contributed by atoms with van der Waals surface area (Å²) in [5, 5.41) is 22.8. The maximum Gasteiger partial charge on any atom is 0.419 e. The summed E-state index contributed by atoms with van der Waals surface area (Å²) < 4.78 is 23.6. The fourth-order valence-corrected chi connectivity index (χ4v) is 5.85. The van der Waals surface area contributed by atoms with Crippen LogP contribution < -0.4 is 5.32 Å². The molecule has 8 nitrogen and oxygen atoms in total. The van der Waals surface area contributed by atoms with E-state index in [2.05, 4.69) is 21.6 Å². The van der Waals surface area contributed by atoms with E-state index in [0.717, 1.165) is 52.4 Å². The van der Waals surface area contributed by atoms with Crippen molar-refractivity contribution in [3.63, 3.8) is 0 Å². The van der Waals surface area contributed by atoms with Crippen LogP contribution in [0.4, 0.5) is 9.18 Å². The van der Waals surface area contributed by atoms with Crippen LogP contribution in [0, 0.1) is 5.82 Å². The van der Waals surface area contributed by atoms with Crippen molar-refractivity contribution in [2.45, 2.75) is 64.3 Å². The molecule has 0 spiro atoms. The zero-order valence-electron chi connectivity index (χ0n) is 24.8. The molecule has 2 atom stereocenters. The van der Waals surface area contributed by atoms with Gasteiger partial charge in [-0.1, -0.05) is 30.3 Å². The second-order valence-electron chi connectivity index (χ2n) is 12.3. The number of aliphatic hydroxyl groups excluding tert-OH is 1. The van der Waals surface area contributed by atoms with Gasteiger partial charge in [-0.3, -0.25) is 0 Å². The van der Waals surface area contributed by atoms with Gasteiger partial charge in [0.15, 0.2) is 5.82 Å². The Bertz CT molecular complexity index is 1800. The number of benzene rings is 3. The first-order chi connectivity index (χ1) is 20.6. The molecule has 0 bridgehead atoms. The highest BCUT2D eigenvalue weighted by molar-refractivity contribution is 5.97. The summed E-state index contributed by atoms with van der Waals surface area (Å²) >= 11 is 0. The topological polar surface area (TPSA) is 94.2 Å². The first-order valence-corrected chi connectivity index (χ1v) is 14.6. The molecular formula is C34H36FN5O3. The molecule has 6 rings (SSSR count). The zero-order chi connectivity index (χ0) is 30.3. The first kappa shape index (κ1) is 28.8. The number of rotatable bonds is 6. The molecule has 9 heteroatoms. The lowest BCUT2D eigenvalue weighted by Crippen LogP contribution is -2.35. The Morgan fingerprint density at radius 1 is 1.05 bits per heavy atom. The van der Waals surface area contributed by atoms with Crippen molar-refractivity contribution in [3.8, 4) is 33.8 Å². The number of aryl methyl sites for hydroxylation is 1. The summed E-state index contributed by atoms with van der Waals surface area (Å²) in [6.07, 6.45) is 3.62. The van der Waals surface area contributed by atoms with E-state index in [1.807, 2.05) is 70.3 Å². The van der Waals surface area contributed by atoms with Crippen LogP contribution in [-0.4, -0.2) is 48.3 Å². The fourth-order valence-electron chi connectivity index (χ4n) is 5.85. The number of aliphatic hydroxyl groups is 1. The van der Waals surface area contributed by atoms with E-state index >= 15 is 0 Å². The number of ether oxygens (including phenoxy) is 1. The van der Waals surface area contributed by atoms with Crippen molar-refractivity contribution in [1.29, 1.82) is 0 Å². The molecule has 5 aromatic rings. The molecule has 0 aliphatic heterocycles. The number of carbonyl (C=O) groups is 1. The van der Waals surface area contributed by atoms with E-state index in [-0.39, 0.29) is 18.0 Å². The summed E-state index contributed by atoms with van der Waals surface area (Å²) in [6, 6.07) is 20.6. The van der Waals surface area contributed by atoms with E-state index < -0.39 is 11.7 Å². The maximum atomic E-state index is 14.4. The molecule has 0 radical (unpaired) electrons. The average Bonchev–Trinajstić information content (AvgIpc) is 3.68. The Morgan fingerprint density at radius 3 is 2.58 bits per heavy atom. The minimum Gasteiger partial charge on any atom is -0.443 e. The van der Waals surface area contributed by atoms with Crippen molar-refractivity contribution in [2.75, 3.05) is 0 Å². The molecule has 3 aromatic carbocycles. The molecule has 0 unspecified atom stereocenters. The van der Waals surface area contributed by atoms with Gasteiger partial charge in [-0.15, -0.1) is 10.2 Å². The fraction of sp³-hybridized carbons (Fsp3) is 0.324. The van der Waals surface area contributed by atoms with Gasteiger partial charge >= 0.3 is 6.09 Å². The Kier molecular flexibility index (Phi) is 7.62. The lowest BCUT2D eigenvalue weighted by Gasteiger charge is -2.21. The molecule has 0 amide bonds. The maximum absolute atomic E-state index is 14.4. The normalized spacial score (nSPS) is 17.1. The largest absolute Gasteiger partial charge is 0.443 e. The van der Waals surface area contributed by atoms with Crippen molar-refractivity contribution in [2.24, 2.45) is 7.05 Å². The Hall–Kier alpha value is -4.34. The second-order valence-corrected chi connectivity index (χ2v) is 12.3. The van der Waals surface area contributed by atoms with Crippen LogP contribution >= 0.6 is 0 Å². The SMILES string of the molecule is Cn1cnnc1-c1cc(F)ccc1-c1cccc(-c2cc3cc(CN[C@@H]4CCC[C@@H]4O)ccc3n2C(=O)OC(C)(C)C)c1. The molecule has 1 aliphatic carbocycles. The van der Waals surface area contributed by atoms with Gasteiger partial charge in [0, 0.05) is 30.6 Å². The van der Waals surface area contributed by atoms with Crippen molar-refractivity contribution < 1.29 is 19.0 Å². The van der Waals surface area contributed by atoms with Gasteiger partial charge in [0.1, 0.15) is 17.7 Å². The third kappa shape index (κ3) is 5.96. The predicted molar refractivity (Wildman–Crippen MR) is 165 cm³/mol. The van der Waals surface area contributed by atoms with Gasteiger partial charge in [0.25, 0.3) is 0 Å². The number of nitrogens with zero attached hydrogens (tertiary/aromatic N) is 4. The Balaban J connectivity index is 1.43. The van der Waals surface area contributed by atoms with Gasteiger partial charge < -0.3 is 19.7 Å². The number of hydrogen-bond acceptors (Lipinski definition) is 6. The molecule has 222 valence electrons. The number of nitrogens with one attached hydrogen (secondary N) is 1. The zero-order valence-corrected chi connectivity index (χ0v) is 24.8. The van der Waals surface area contributed by atoms with Crippen LogP contribution in [0.2, 0.25) is 0 Å². The van der Waals surface area contributed by atoms with Crippen LogP contribution in [0.5, 0.6) is 0 Å². The van der Waals surface area contributed by atoms with Crippen LogP contribution in [0.25, 0.3) is 44.7 Å². The quantitative estimate of drug-likeness (QED) is 0.232. The third-order valence-electron chi connectivity index (χ3n) is 7.89. The lowest BCUT2D eigenvalue weighted by molar-refractivity contribution is 0.0547. The van der Waals surface area contributed by atoms with E-state index in [4.69, 9.17) is 4.74 Å². The highest BCUT2D eigenvalue weighted by Crippen LogP contribution is 2.36. The van der Waals surface area contributed by atoms with Crippen molar-refractivity contribution in [3.05, 3.63) is 84.4 Å². The summed E-state index contributed by atoms with van der Waals surface area (Å²) in [5.41, 5.74) is 4.87. The van der Waals surface area contributed by atoms with Crippen molar-refractivity contribution >= 4 is 17.0 Å². The molecule has 1 saturated carbocycles. The number of halogens is 1. The van der Waals surface area contributed by atoms with Crippen molar-refractivity contribution in [1.82, 2.24) is 24.6 Å². The minimum atomic E-state index is -0.683. The van der Waals surface area contributed by atoms with E-state index in [1.54, 1.807) is 21.5 Å². The second kappa shape index (κ2) is 11.4. The van der Waals surface area contributed by atoms with Gasteiger partial charge in [0.2, 0.25) is 0 Å². The monoisotopic (exact) mass is 581 g/mol. The standard InChI is InChI=1S/C34H36FN5O3/c1-34(2,3)43-33(42)40-29-14-11-21(19-36-28-9-6-10-31(28)41)15-24(29)17-30(40)23-8-5-7-22(16-23)26-13-12-25(35)18-27(26)32-38-37-20-39(32)4/h5,7-8,11-18,20,28,31,36,41H,6,9-10,19H2,1-4H3/t28-,31+/m1/s1. The summed E-state index contributed by atoms with van der Waals surface area (Å²) in [4.78, 5) is 13.6. The van der Waals surface area contributed by atoms with E-state index in [9.17, 15) is 14.3 Å². The number of fused-ring (bicyclic) bond motifs is 1. The Labute approximate surface area is 250 Å². The van der Waals surface area contributed by atoms with E-state index in [0.29, 0.717) is 23.6 Å². The number of hydrogen-bond donors (Lipinski definition) is 2. The van der Waals surface area contributed by atoms with Gasteiger partial charge in [-0.05, 0) is 98.7 Å². The average molecular weight is 582 g/mol. The van der Waals surface area contributed by atoms with Crippen LogP contribution in [0.15, 0.2) is 73.1 Å². The molecular weight excluding hydrogens is 545 g/mol. The third-order valence-corrected chi connectivity index (χ3v) is 7.89. The summed E-state index contributed by atoms with van der Waals surface area (Å²) in [6.45, 7) is 6.16. The molecule has 2 heterocycles. The minimum absolute atomic E-state index is 0.0956. The van der Waals surface area contributed by atoms with Gasteiger partial charge in [-0.2, -0.15) is 0 Å². The van der Waals surface area contributed by atoms with Crippen LogP contribution in [0.1, 0.15) is 45.6 Å². The molecule has 0 saturated heterocycles. The van der Waals surface area contributed by atoms with E-state index in [1.165, 1.54) is 12.1 Å². The number of aromatic nitrogens is 4. The molecule has 2 N–H and O–H groups in total. The molecule has 1 fully saturated rings. The molecule has 1 aliphatic rings. The van der Waals surface area contributed by atoms with Gasteiger partial charge in [-0.25, -0.2) is 13.8 Å². The van der Waals surface area contributed by atoms with Crippen LogP contribution in [0.3, 0.4) is 0 Å². The Morgan fingerprint density at radius 2 is 1.86 bits per heavy atom. The highest BCUT2D eigenvalue weighted by atomic mass is 19.1. The predicted octanol–water partition coefficient (Wildman–Crippen LogP) is 6.70. The van der Waals surface area contributed by atoms with Crippen LogP contribution in [-0.2, 0) is 18.3 Å². The number of carbonyl (C=O) groups excluding carboxylic acids is 1. The molecule has 2 aromatic heterocycles. The van der Waals surface area contributed by atoms with Gasteiger partial charge in [0.05, 0.1) is 17.3 Å².